The smallest absolute Gasteiger partial charge is 0.293 e. The monoisotopic (exact) mass is 461 g/mol. The normalized spacial score (nSPS) is 15.2. The van der Waals surface area contributed by atoms with Crippen LogP contribution in [0.15, 0.2) is 41.3 Å². The number of rotatable bonds is 8. The van der Waals surface area contributed by atoms with Crippen molar-refractivity contribution in [3.8, 4) is 17.2 Å². The van der Waals surface area contributed by atoms with Gasteiger partial charge in [0.1, 0.15) is 12.4 Å². The zero-order chi connectivity index (χ0) is 22.5. The van der Waals surface area contributed by atoms with Gasteiger partial charge in [-0.05, 0) is 74.0 Å². The van der Waals surface area contributed by atoms with Crippen molar-refractivity contribution in [3.05, 3.63) is 57.5 Å². The van der Waals surface area contributed by atoms with Crippen LogP contribution in [0.25, 0.3) is 6.08 Å². The molecule has 1 aliphatic heterocycles. The van der Waals surface area contributed by atoms with E-state index >= 15 is 0 Å². The van der Waals surface area contributed by atoms with Crippen molar-refractivity contribution in [2.75, 3.05) is 20.3 Å². The fraction of sp³-hybridized carbons (Fsp3) is 0.304. The van der Waals surface area contributed by atoms with Gasteiger partial charge in [0, 0.05) is 0 Å². The summed E-state index contributed by atoms with van der Waals surface area (Å²) < 4.78 is 16.8. The van der Waals surface area contributed by atoms with Crippen LogP contribution in [0.5, 0.6) is 17.2 Å². The highest BCUT2D eigenvalue weighted by Crippen LogP contribution is 2.39. The number of amides is 2. The first-order valence-electron chi connectivity index (χ1n) is 9.77. The van der Waals surface area contributed by atoms with Crippen LogP contribution in [0.3, 0.4) is 0 Å². The molecule has 31 heavy (non-hydrogen) atoms. The van der Waals surface area contributed by atoms with E-state index in [1.54, 1.807) is 18.2 Å². The molecule has 1 saturated heterocycles. The SMILES string of the molecule is COc1cc(/C=C2\SC(=O)N(CCOc3cccc(C)c3)C2=O)cc(Cl)c1OC(C)C. The van der Waals surface area contributed by atoms with Crippen LogP contribution in [-0.4, -0.2) is 42.4 Å². The molecule has 2 aromatic carbocycles. The molecule has 1 aliphatic rings. The zero-order valence-corrected chi connectivity index (χ0v) is 19.4. The summed E-state index contributed by atoms with van der Waals surface area (Å²) in [4.78, 5) is 26.6. The van der Waals surface area contributed by atoms with Gasteiger partial charge >= 0.3 is 0 Å². The Morgan fingerprint density at radius 2 is 1.97 bits per heavy atom. The van der Waals surface area contributed by atoms with Crippen LogP contribution >= 0.6 is 23.4 Å². The number of benzene rings is 2. The predicted molar refractivity (Wildman–Crippen MR) is 123 cm³/mol. The molecule has 6 nitrogen and oxygen atoms in total. The van der Waals surface area contributed by atoms with E-state index in [1.807, 2.05) is 45.0 Å². The zero-order valence-electron chi connectivity index (χ0n) is 17.8. The lowest BCUT2D eigenvalue weighted by molar-refractivity contribution is -0.123. The first-order valence-corrected chi connectivity index (χ1v) is 11.0. The van der Waals surface area contributed by atoms with Gasteiger partial charge in [-0.1, -0.05) is 23.7 Å². The minimum Gasteiger partial charge on any atom is -0.493 e. The third-order valence-electron chi connectivity index (χ3n) is 4.35. The Balaban J connectivity index is 1.71. The summed E-state index contributed by atoms with van der Waals surface area (Å²) in [6, 6.07) is 11.0. The minimum atomic E-state index is -0.361. The average molecular weight is 462 g/mol. The third-order valence-corrected chi connectivity index (χ3v) is 5.54. The van der Waals surface area contributed by atoms with Crippen molar-refractivity contribution in [2.45, 2.75) is 26.9 Å². The van der Waals surface area contributed by atoms with Crippen molar-refractivity contribution in [2.24, 2.45) is 0 Å². The molecule has 2 amide bonds. The summed E-state index contributed by atoms with van der Waals surface area (Å²) in [5.41, 5.74) is 1.71. The van der Waals surface area contributed by atoms with Gasteiger partial charge in [-0.3, -0.25) is 14.5 Å². The number of carbonyl (C=O) groups excluding carboxylic acids is 2. The van der Waals surface area contributed by atoms with Crippen molar-refractivity contribution < 1.29 is 23.8 Å². The van der Waals surface area contributed by atoms with Crippen LogP contribution in [0.2, 0.25) is 5.02 Å². The molecule has 0 bridgehead atoms. The molecular formula is C23H24ClNO5S. The first kappa shape index (κ1) is 23.0. The highest BCUT2D eigenvalue weighted by Gasteiger charge is 2.35. The molecule has 0 aliphatic carbocycles. The summed E-state index contributed by atoms with van der Waals surface area (Å²) in [5.74, 6) is 1.24. The minimum absolute atomic E-state index is 0.0734. The lowest BCUT2D eigenvalue weighted by Crippen LogP contribution is -2.32. The van der Waals surface area contributed by atoms with E-state index < -0.39 is 0 Å². The van der Waals surface area contributed by atoms with Gasteiger partial charge in [-0.2, -0.15) is 0 Å². The number of halogens is 1. The van der Waals surface area contributed by atoms with Gasteiger partial charge in [0.15, 0.2) is 11.5 Å². The molecule has 0 spiro atoms. The molecular weight excluding hydrogens is 438 g/mol. The summed E-state index contributed by atoms with van der Waals surface area (Å²) in [6.45, 7) is 6.14. The number of hydrogen-bond donors (Lipinski definition) is 0. The van der Waals surface area contributed by atoms with Crippen molar-refractivity contribution in [1.29, 1.82) is 0 Å². The second kappa shape index (κ2) is 10.1. The molecule has 1 fully saturated rings. The van der Waals surface area contributed by atoms with Gasteiger partial charge in [0.05, 0.1) is 29.7 Å². The Morgan fingerprint density at radius 3 is 2.65 bits per heavy atom. The Morgan fingerprint density at radius 1 is 1.19 bits per heavy atom. The third kappa shape index (κ3) is 5.74. The molecule has 0 radical (unpaired) electrons. The Kier molecular flexibility index (Phi) is 7.51. The lowest BCUT2D eigenvalue weighted by Gasteiger charge is -2.15. The van der Waals surface area contributed by atoms with Crippen molar-refractivity contribution in [1.82, 2.24) is 4.90 Å². The Hall–Kier alpha value is -2.64. The van der Waals surface area contributed by atoms with E-state index in [9.17, 15) is 9.59 Å². The molecule has 2 aromatic rings. The number of carbonyl (C=O) groups is 2. The summed E-state index contributed by atoms with van der Waals surface area (Å²) in [5, 5.41) is 0.0343. The van der Waals surface area contributed by atoms with Crippen LogP contribution in [0.1, 0.15) is 25.0 Å². The lowest BCUT2D eigenvalue weighted by atomic mass is 10.1. The average Bonchev–Trinajstić information content (AvgIpc) is 2.97. The Bertz CT molecular complexity index is 1020. The van der Waals surface area contributed by atoms with Gasteiger partial charge in [-0.25, -0.2) is 0 Å². The predicted octanol–water partition coefficient (Wildman–Crippen LogP) is 5.56. The van der Waals surface area contributed by atoms with Crippen LogP contribution in [0, 0.1) is 6.92 Å². The van der Waals surface area contributed by atoms with Crippen molar-refractivity contribution >= 4 is 40.6 Å². The molecule has 0 atom stereocenters. The largest absolute Gasteiger partial charge is 0.493 e. The van der Waals surface area contributed by atoms with E-state index in [2.05, 4.69) is 0 Å². The number of methoxy groups -OCH3 is 1. The summed E-state index contributed by atoms with van der Waals surface area (Å²) >= 11 is 7.24. The standard InChI is InChI=1S/C23H24ClNO5S/c1-14(2)30-21-18(24)11-16(12-19(21)28-4)13-20-22(26)25(23(27)31-20)8-9-29-17-7-5-6-15(3)10-17/h5-7,10-14H,8-9H2,1-4H3/b20-13-. The first-order chi connectivity index (χ1) is 14.8. The van der Waals surface area contributed by atoms with E-state index in [1.165, 1.54) is 12.0 Å². The maximum Gasteiger partial charge on any atom is 0.293 e. The maximum atomic E-state index is 12.7. The van der Waals surface area contributed by atoms with E-state index in [-0.39, 0.29) is 30.4 Å². The van der Waals surface area contributed by atoms with E-state index in [0.717, 1.165) is 17.3 Å². The highest BCUT2D eigenvalue weighted by atomic mass is 35.5. The Labute approximate surface area is 191 Å². The van der Waals surface area contributed by atoms with E-state index in [4.69, 9.17) is 25.8 Å². The number of thioether (sulfide) groups is 1. The summed E-state index contributed by atoms with van der Waals surface area (Å²) in [7, 11) is 1.52. The number of aryl methyl sites for hydroxylation is 1. The fourth-order valence-electron chi connectivity index (χ4n) is 2.98. The topological polar surface area (TPSA) is 65.1 Å². The molecule has 3 rings (SSSR count). The van der Waals surface area contributed by atoms with Crippen LogP contribution in [-0.2, 0) is 4.79 Å². The number of hydrogen-bond acceptors (Lipinski definition) is 6. The fourth-order valence-corrected chi connectivity index (χ4v) is 4.11. The molecule has 0 N–H and O–H groups in total. The van der Waals surface area contributed by atoms with E-state index in [0.29, 0.717) is 32.7 Å². The quantitative estimate of drug-likeness (QED) is 0.479. The molecule has 1 heterocycles. The van der Waals surface area contributed by atoms with Crippen LogP contribution < -0.4 is 14.2 Å². The van der Waals surface area contributed by atoms with Gasteiger partial charge in [-0.15, -0.1) is 0 Å². The number of nitrogens with zero attached hydrogens (tertiary/aromatic N) is 1. The molecule has 0 aromatic heterocycles. The molecule has 0 saturated carbocycles. The van der Waals surface area contributed by atoms with Gasteiger partial charge in [0.25, 0.3) is 11.1 Å². The molecule has 8 heteroatoms. The van der Waals surface area contributed by atoms with Gasteiger partial charge < -0.3 is 14.2 Å². The molecule has 0 unspecified atom stereocenters. The number of imide groups is 1. The van der Waals surface area contributed by atoms with Gasteiger partial charge in [0.2, 0.25) is 0 Å². The summed E-state index contributed by atoms with van der Waals surface area (Å²) in [6.07, 6.45) is 1.55. The second-order valence-electron chi connectivity index (χ2n) is 7.20. The van der Waals surface area contributed by atoms with Crippen molar-refractivity contribution in [3.63, 3.8) is 0 Å². The highest BCUT2D eigenvalue weighted by molar-refractivity contribution is 8.18. The number of ether oxygens (including phenoxy) is 3. The van der Waals surface area contributed by atoms with Crippen LogP contribution in [0.4, 0.5) is 4.79 Å². The molecule has 164 valence electrons. The second-order valence-corrected chi connectivity index (χ2v) is 8.60. The maximum absolute atomic E-state index is 12.7.